The minimum Gasteiger partial charge on any atom is -0.497 e. The zero-order valence-electron chi connectivity index (χ0n) is 14.1. The van der Waals surface area contributed by atoms with Crippen molar-refractivity contribution in [1.82, 2.24) is 0 Å². The highest BCUT2D eigenvalue weighted by Crippen LogP contribution is 2.51. The third-order valence-corrected chi connectivity index (χ3v) is 4.89. The van der Waals surface area contributed by atoms with Crippen LogP contribution in [0.1, 0.15) is 30.1 Å². The molecule has 134 valence electrons. The third-order valence-electron chi connectivity index (χ3n) is 4.89. The number of non-ortho nitro benzene ring substituents is 1. The fraction of sp³-hybridized carbons (Fsp3) is 0.316. The summed E-state index contributed by atoms with van der Waals surface area (Å²) in [6.07, 6.45) is -0.515. The predicted octanol–water partition coefficient (Wildman–Crippen LogP) is 3.28. The highest BCUT2D eigenvalue weighted by molar-refractivity contribution is 5.85. The number of hydrogen-bond donors (Lipinski definition) is 0. The van der Waals surface area contributed by atoms with Crippen molar-refractivity contribution in [2.75, 3.05) is 7.11 Å². The predicted molar refractivity (Wildman–Crippen MR) is 90.7 cm³/mol. The third kappa shape index (κ3) is 2.65. The number of fused-ring (bicyclic) bond motifs is 2. The molecule has 0 unspecified atom stereocenters. The van der Waals surface area contributed by atoms with Crippen LogP contribution in [0.4, 0.5) is 5.69 Å². The summed E-state index contributed by atoms with van der Waals surface area (Å²) in [6, 6.07) is 13.4. The first-order chi connectivity index (χ1) is 12.5. The quantitative estimate of drug-likeness (QED) is 0.618. The SMILES string of the molecule is COc1ccc([C@]23CCC(=O)[C@H](O2)[C@H](c2ccc([N+](=O)[O-])cc2)O3)cc1. The molecule has 2 saturated heterocycles. The highest BCUT2D eigenvalue weighted by atomic mass is 16.8. The maximum Gasteiger partial charge on any atom is 0.269 e. The Morgan fingerprint density at radius 3 is 2.35 bits per heavy atom. The molecule has 2 aliphatic heterocycles. The van der Waals surface area contributed by atoms with Crippen molar-refractivity contribution in [2.45, 2.75) is 30.8 Å². The van der Waals surface area contributed by atoms with Gasteiger partial charge in [-0.3, -0.25) is 14.9 Å². The standard InChI is InChI=1S/C19H17NO6/c1-24-15-8-4-13(5-9-15)19-11-10-16(21)18(26-19)17(25-19)12-2-6-14(7-3-12)20(22)23/h2-9,17-18H,10-11H2,1H3/t17-,18-,19-/m0/s1. The molecule has 2 heterocycles. The first kappa shape index (κ1) is 16.7. The van der Waals surface area contributed by atoms with Gasteiger partial charge in [0.25, 0.3) is 5.69 Å². The average Bonchev–Trinajstić information content (AvgIpc) is 3.01. The molecule has 3 atom stereocenters. The Morgan fingerprint density at radius 1 is 1.08 bits per heavy atom. The number of carbonyl (C=O) groups excluding carboxylic acids is 1. The van der Waals surface area contributed by atoms with Crippen LogP contribution in [0.3, 0.4) is 0 Å². The van der Waals surface area contributed by atoms with Crippen molar-refractivity contribution in [2.24, 2.45) is 0 Å². The minimum absolute atomic E-state index is 0.00756. The highest BCUT2D eigenvalue weighted by Gasteiger charge is 2.55. The minimum atomic E-state index is -0.989. The van der Waals surface area contributed by atoms with E-state index in [1.54, 1.807) is 19.2 Å². The van der Waals surface area contributed by atoms with Gasteiger partial charge < -0.3 is 14.2 Å². The Labute approximate surface area is 149 Å². The van der Waals surface area contributed by atoms with E-state index in [-0.39, 0.29) is 11.5 Å². The lowest BCUT2D eigenvalue weighted by molar-refractivity contribution is -0.384. The Hall–Kier alpha value is -2.77. The normalized spacial score (nSPS) is 27.3. The number of carbonyl (C=O) groups is 1. The molecule has 0 aromatic heterocycles. The molecule has 2 aliphatic rings. The van der Waals surface area contributed by atoms with E-state index < -0.39 is 22.9 Å². The van der Waals surface area contributed by atoms with Gasteiger partial charge in [0.1, 0.15) is 18.0 Å². The van der Waals surface area contributed by atoms with Crippen LogP contribution in [0.5, 0.6) is 5.75 Å². The van der Waals surface area contributed by atoms with Gasteiger partial charge in [-0.1, -0.05) is 0 Å². The molecule has 2 bridgehead atoms. The zero-order valence-corrected chi connectivity index (χ0v) is 14.1. The zero-order chi connectivity index (χ0) is 18.3. The first-order valence-electron chi connectivity index (χ1n) is 8.30. The van der Waals surface area contributed by atoms with Crippen molar-refractivity contribution in [3.63, 3.8) is 0 Å². The van der Waals surface area contributed by atoms with Gasteiger partial charge in [-0.05, 0) is 42.0 Å². The van der Waals surface area contributed by atoms with E-state index in [2.05, 4.69) is 0 Å². The molecule has 0 aliphatic carbocycles. The van der Waals surface area contributed by atoms with E-state index >= 15 is 0 Å². The van der Waals surface area contributed by atoms with Gasteiger partial charge >= 0.3 is 0 Å². The summed E-state index contributed by atoms with van der Waals surface area (Å²) in [5.74, 6) is -0.286. The number of ether oxygens (including phenoxy) is 3. The number of nitro benzene ring substituents is 1. The topological polar surface area (TPSA) is 87.9 Å². The van der Waals surface area contributed by atoms with E-state index in [1.165, 1.54) is 12.1 Å². The fourth-order valence-electron chi connectivity index (χ4n) is 3.50. The van der Waals surface area contributed by atoms with Crippen LogP contribution < -0.4 is 4.74 Å². The molecule has 2 aromatic carbocycles. The number of ketones is 1. The number of rotatable bonds is 4. The van der Waals surface area contributed by atoms with E-state index in [1.807, 2.05) is 24.3 Å². The van der Waals surface area contributed by atoms with Gasteiger partial charge in [-0.25, -0.2) is 0 Å². The number of nitrogens with zero attached hydrogens (tertiary/aromatic N) is 1. The molecule has 0 radical (unpaired) electrons. The summed E-state index contributed by atoms with van der Waals surface area (Å²) in [7, 11) is 1.59. The van der Waals surface area contributed by atoms with Crippen LogP contribution in [-0.4, -0.2) is 23.9 Å². The number of nitro groups is 1. The van der Waals surface area contributed by atoms with Crippen LogP contribution in [0.2, 0.25) is 0 Å². The number of hydrogen-bond acceptors (Lipinski definition) is 6. The number of methoxy groups -OCH3 is 1. The van der Waals surface area contributed by atoms with E-state index in [0.717, 1.165) is 11.3 Å². The van der Waals surface area contributed by atoms with Crippen molar-refractivity contribution in [3.05, 3.63) is 69.8 Å². The molecule has 2 fully saturated rings. The van der Waals surface area contributed by atoms with Crippen LogP contribution >= 0.6 is 0 Å². The van der Waals surface area contributed by atoms with Crippen LogP contribution in [0.25, 0.3) is 0 Å². The van der Waals surface area contributed by atoms with Crippen molar-refractivity contribution in [1.29, 1.82) is 0 Å². The van der Waals surface area contributed by atoms with Gasteiger partial charge in [-0.2, -0.15) is 0 Å². The summed E-state index contributed by atoms with van der Waals surface area (Å²) in [5, 5.41) is 10.8. The van der Waals surface area contributed by atoms with Gasteiger partial charge in [0.05, 0.1) is 12.0 Å². The van der Waals surface area contributed by atoms with Gasteiger partial charge in [0, 0.05) is 30.5 Å². The monoisotopic (exact) mass is 355 g/mol. The second kappa shape index (κ2) is 6.19. The second-order valence-electron chi connectivity index (χ2n) is 6.37. The number of Topliss-reactive ketones (excluding diaryl/α,β-unsaturated/α-hetero) is 1. The largest absolute Gasteiger partial charge is 0.497 e. The maximum atomic E-state index is 12.4. The molecule has 4 rings (SSSR count). The summed E-state index contributed by atoms with van der Waals surface area (Å²) in [4.78, 5) is 22.7. The first-order valence-corrected chi connectivity index (χ1v) is 8.30. The Balaban J connectivity index is 1.67. The van der Waals surface area contributed by atoms with Crippen LogP contribution in [0, 0.1) is 10.1 Å². The van der Waals surface area contributed by atoms with E-state index in [9.17, 15) is 14.9 Å². The van der Waals surface area contributed by atoms with E-state index in [0.29, 0.717) is 18.4 Å². The van der Waals surface area contributed by atoms with Gasteiger partial charge in [0.2, 0.25) is 0 Å². The van der Waals surface area contributed by atoms with Crippen molar-refractivity contribution >= 4 is 11.5 Å². The van der Waals surface area contributed by atoms with Crippen molar-refractivity contribution in [3.8, 4) is 5.75 Å². The fourth-order valence-corrected chi connectivity index (χ4v) is 3.50. The lowest BCUT2D eigenvalue weighted by Gasteiger charge is -2.31. The molecule has 7 heteroatoms. The van der Waals surface area contributed by atoms with Crippen LogP contribution in [-0.2, 0) is 20.1 Å². The summed E-state index contributed by atoms with van der Waals surface area (Å²) < 4.78 is 17.5. The molecule has 0 saturated carbocycles. The summed E-state index contributed by atoms with van der Waals surface area (Å²) >= 11 is 0. The Kier molecular flexibility index (Phi) is 3.97. The molecule has 2 aromatic rings. The lowest BCUT2D eigenvalue weighted by atomic mass is 9.94. The van der Waals surface area contributed by atoms with Gasteiger partial charge in [-0.15, -0.1) is 0 Å². The van der Waals surface area contributed by atoms with Gasteiger partial charge in [0.15, 0.2) is 11.6 Å². The second-order valence-corrected chi connectivity index (χ2v) is 6.37. The average molecular weight is 355 g/mol. The van der Waals surface area contributed by atoms with Crippen LogP contribution in [0.15, 0.2) is 48.5 Å². The molecule has 0 N–H and O–H groups in total. The van der Waals surface area contributed by atoms with Crippen molar-refractivity contribution < 1.29 is 23.9 Å². The molecule has 26 heavy (non-hydrogen) atoms. The Morgan fingerprint density at radius 2 is 1.73 bits per heavy atom. The molecule has 0 amide bonds. The lowest BCUT2D eigenvalue weighted by Crippen LogP contribution is -2.36. The maximum absolute atomic E-state index is 12.4. The van der Waals surface area contributed by atoms with E-state index in [4.69, 9.17) is 14.2 Å². The summed E-state index contributed by atoms with van der Waals surface area (Å²) in [5.41, 5.74) is 1.50. The molecular formula is C19H17NO6. The smallest absolute Gasteiger partial charge is 0.269 e. The molecule has 0 spiro atoms. The molecular weight excluding hydrogens is 338 g/mol. The number of benzene rings is 2. The Bertz CT molecular complexity index is 847. The molecule has 7 nitrogen and oxygen atoms in total. The summed E-state index contributed by atoms with van der Waals surface area (Å²) in [6.45, 7) is 0.